The Kier molecular flexibility index (Phi) is 8.20. The fraction of sp³-hybridized carbons (Fsp3) is 0.929. The summed E-state index contributed by atoms with van der Waals surface area (Å²) in [6, 6.07) is 0.104. The van der Waals surface area contributed by atoms with Crippen LogP contribution in [0.2, 0.25) is 0 Å². The Morgan fingerprint density at radius 1 is 1.28 bits per heavy atom. The first-order chi connectivity index (χ1) is 8.26. The number of amides is 1. The molecule has 0 aliphatic rings. The van der Waals surface area contributed by atoms with E-state index in [4.69, 9.17) is 4.74 Å². The van der Waals surface area contributed by atoms with Crippen LogP contribution in [0, 0.1) is 5.92 Å². The molecule has 4 nitrogen and oxygen atoms in total. The number of nitrogens with one attached hydrogen (secondary N) is 2. The zero-order valence-corrected chi connectivity index (χ0v) is 12.8. The molecule has 0 spiro atoms. The van der Waals surface area contributed by atoms with Crippen molar-refractivity contribution in [3.63, 3.8) is 0 Å². The Balaban J connectivity index is 3.95. The van der Waals surface area contributed by atoms with Crippen molar-refractivity contribution in [2.75, 3.05) is 19.8 Å². The lowest BCUT2D eigenvalue weighted by molar-refractivity contribution is -0.122. The fourth-order valence-corrected chi connectivity index (χ4v) is 1.48. The van der Waals surface area contributed by atoms with Gasteiger partial charge in [-0.15, -0.1) is 0 Å². The molecule has 1 amide bonds. The van der Waals surface area contributed by atoms with Crippen molar-refractivity contribution < 1.29 is 9.53 Å². The van der Waals surface area contributed by atoms with Gasteiger partial charge in [0.2, 0.25) is 5.91 Å². The molecule has 0 fully saturated rings. The Morgan fingerprint density at radius 3 is 2.33 bits per heavy atom. The first kappa shape index (κ1) is 17.4. The summed E-state index contributed by atoms with van der Waals surface area (Å²) in [7, 11) is 0. The van der Waals surface area contributed by atoms with Crippen LogP contribution in [-0.4, -0.2) is 37.2 Å². The molecule has 0 rings (SSSR count). The van der Waals surface area contributed by atoms with Crippen LogP contribution in [0.1, 0.15) is 48.0 Å². The number of rotatable bonds is 8. The van der Waals surface area contributed by atoms with Crippen molar-refractivity contribution in [2.45, 2.75) is 59.5 Å². The molecule has 18 heavy (non-hydrogen) atoms. The number of carbonyl (C=O) groups is 1. The molecular weight excluding hydrogens is 228 g/mol. The first-order valence-electron chi connectivity index (χ1n) is 6.88. The highest BCUT2D eigenvalue weighted by Gasteiger charge is 2.16. The molecule has 0 saturated carbocycles. The fourth-order valence-electron chi connectivity index (χ4n) is 1.48. The van der Waals surface area contributed by atoms with Crippen LogP contribution in [0.4, 0.5) is 0 Å². The molecule has 2 N–H and O–H groups in total. The molecule has 0 aromatic rings. The molecule has 0 aliphatic heterocycles. The van der Waals surface area contributed by atoms with Gasteiger partial charge in [-0.2, -0.15) is 0 Å². The van der Waals surface area contributed by atoms with Crippen LogP contribution >= 0.6 is 0 Å². The summed E-state index contributed by atoms with van der Waals surface area (Å²) < 4.78 is 5.39. The van der Waals surface area contributed by atoms with E-state index in [0.717, 1.165) is 0 Å². The standard InChI is InChI=1S/C14H30N2O2/c1-7-18-10-12(11(2)3)16-13(17)8-9-15-14(4,5)6/h11-12,15H,7-10H2,1-6H3,(H,16,17). The van der Waals surface area contributed by atoms with Crippen molar-refractivity contribution in [1.82, 2.24) is 10.6 Å². The maximum Gasteiger partial charge on any atom is 0.221 e. The quantitative estimate of drug-likeness (QED) is 0.699. The second kappa shape index (κ2) is 8.48. The van der Waals surface area contributed by atoms with E-state index in [0.29, 0.717) is 32.1 Å². The van der Waals surface area contributed by atoms with Crippen LogP contribution in [-0.2, 0) is 9.53 Å². The molecule has 0 aliphatic carbocycles. The number of ether oxygens (including phenoxy) is 1. The molecule has 0 aromatic carbocycles. The minimum absolute atomic E-state index is 0.0586. The summed E-state index contributed by atoms with van der Waals surface area (Å²) in [5, 5.41) is 6.34. The molecule has 4 heteroatoms. The van der Waals surface area contributed by atoms with Crippen LogP contribution in [0.3, 0.4) is 0 Å². The Labute approximate surface area is 112 Å². The van der Waals surface area contributed by atoms with Crippen molar-refractivity contribution in [1.29, 1.82) is 0 Å². The Hall–Kier alpha value is -0.610. The van der Waals surface area contributed by atoms with Gasteiger partial charge < -0.3 is 15.4 Å². The Bertz CT molecular complexity index is 234. The van der Waals surface area contributed by atoms with Gasteiger partial charge in [0.25, 0.3) is 0 Å². The maximum atomic E-state index is 11.8. The van der Waals surface area contributed by atoms with Crippen molar-refractivity contribution >= 4 is 5.91 Å². The molecule has 0 bridgehead atoms. The lowest BCUT2D eigenvalue weighted by Gasteiger charge is -2.23. The predicted octanol–water partition coefficient (Wildman–Crippen LogP) is 1.94. The maximum absolute atomic E-state index is 11.8. The van der Waals surface area contributed by atoms with Gasteiger partial charge in [0, 0.05) is 25.1 Å². The summed E-state index contributed by atoms with van der Waals surface area (Å²) in [4.78, 5) is 11.8. The average molecular weight is 258 g/mol. The molecule has 0 aromatic heterocycles. The third kappa shape index (κ3) is 9.42. The third-order valence-corrected chi connectivity index (χ3v) is 2.66. The largest absolute Gasteiger partial charge is 0.380 e. The van der Waals surface area contributed by atoms with Gasteiger partial charge in [0.15, 0.2) is 0 Å². The van der Waals surface area contributed by atoms with Gasteiger partial charge in [-0.1, -0.05) is 13.8 Å². The van der Waals surface area contributed by atoms with E-state index in [9.17, 15) is 4.79 Å². The second-order valence-electron chi connectivity index (χ2n) is 6.00. The highest BCUT2D eigenvalue weighted by Crippen LogP contribution is 2.03. The summed E-state index contributed by atoms with van der Waals surface area (Å²) >= 11 is 0. The van der Waals surface area contributed by atoms with E-state index in [1.54, 1.807) is 0 Å². The van der Waals surface area contributed by atoms with Crippen molar-refractivity contribution in [3.05, 3.63) is 0 Å². The van der Waals surface area contributed by atoms with Gasteiger partial charge in [-0.25, -0.2) is 0 Å². The topological polar surface area (TPSA) is 50.4 Å². The van der Waals surface area contributed by atoms with E-state index in [-0.39, 0.29) is 17.5 Å². The lowest BCUT2D eigenvalue weighted by Crippen LogP contribution is -2.44. The smallest absolute Gasteiger partial charge is 0.221 e. The zero-order valence-electron chi connectivity index (χ0n) is 12.8. The molecule has 0 radical (unpaired) electrons. The summed E-state index contributed by atoms with van der Waals surface area (Å²) in [5.41, 5.74) is 0.0586. The second-order valence-corrected chi connectivity index (χ2v) is 6.00. The zero-order chi connectivity index (χ0) is 14.2. The van der Waals surface area contributed by atoms with Crippen molar-refractivity contribution in [2.24, 2.45) is 5.92 Å². The van der Waals surface area contributed by atoms with Crippen molar-refractivity contribution in [3.8, 4) is 0 Å². The molecule has 0 saturated heterocycles. The highest BCUT2D eigenvalue weighted by molar-refractivity contribution is 5.76. The third-order valence-electron chi connectivity index (χ3n) is 2.66. The summed E-state index contributed by atoms with van der Waals surface area (Å²) in [5.74, 6) is 0.473. The highest BCUT2D eigenvalue weighted by atomic mass is 16.5. The predicted molar refractivity (Wildman–Crippen MR) is 75.6 cm³/mol. The Morgan fingerprint density at radius 2 is 1.89 bits per heavy atom. The van der Waals surface area contributed by atoms with E-state index >= 15 is 0 Å². The molecule has 1 unspecified atom stereocenters. The van der Waals surface area contributed by atoms with Crippen LogP contribution < -0.4 is 10.6 Å². The minimum Gasteiger partial charge on any atom is -0.380 e. The normalized spacial score (nSPS) is 13.7. The monoisotopic (exact) mass is 258 g/mol. The summed E-state index contributed by atoms with van der Waals surface area (Å²) in [6.45, 7) is 14.4. The molecular formula is C14H30N2O2. The van der Waals surface area contributed by atoms with E-state index < -0.39 is 0 Å². The molecule has 108 valence electrons. The van der Waals surface area contributed by atoms with Crippen LogP contribution in [0.15, 0.2) is 0 Å². The summed E-state index contributed by atoms with van der Waals surface area (Å²) in [6.07, 6.45) is 0.507. The molecule has 1 atom stereocenters. The SMILES string of the molecule is CCOCC(NC(=O)CCNC(C)(C)C)C(C)C. The average Bonchev–Trinajstić information content (AvgIpc) is 2.21. The van der Waals surface area contributed by atoms with Crippen LogP contribution in [0.5, 0.6) is 0 Å². The first-order valence-corrected chi connectivity index (χ1v) is 6.88. The van der Waals surface area contributed by atoms with Gasteiger partial charge in [0.1, 0.15) is 0 Å². The van der Waals surface area contributed by atoms with E-state index in [1.165, 1.54) is 0 Å². The number of carbonyl (C=O) groups excluding carboxylic acids is 1. The number of hydrogen-bond donors (Lipinski definition) is 2. The van der Waals surface area contributed by atoms with Crippen LogP contribution in [0.25, 0.3) is 0 Å². The van der Waals surface area contributed by atoms with Gasteiger partial charge in [-0.3, -0.25) is 4.79 Å². The van der Waals surface area contributed by atoms with E-state index in [2.05, 4.69) is 45.3 Å². The van der Waals surface area contributed by atoms with Gasteiger partial charge >= 0.3 is 0 Å². The van der Waals surface area contributed by atoms with Gasteiger partial charge in [0.05, 0.1) is 12.6 Å². The van der Waals surface area contributed by atoms with Gasteiger partial charge in [-0.05, 0) is 33.6 Å². The lowest BCUT2D eigenvalue weighted by atomic mass is 10.1. The minimum atomic E-state index is 0.0586. The molecule has 0 heterocycles. The number of hydrogen-bond acceptors (Lipinski definition) is 3. The van der Waals surface area contributed by atoms with E-state index in [1.807, 2.05) is 6.92 Å².